The van der Waals surface area contributed by atoms with Crippen molar-refractivity contribution in [2.24, 2.45) is 0 Å². The number of benzene rings is 2. The molecule has 5 rings (SSSR count). The Bertz CT molecular complexity index is 1480. The minimum atomic E-state index is -0.798. The number of nitriles is 1. The number of esters is 1. The second kappa shape index (κ2) is 9.40. The first-order chi connectivity index (χ1) is 17.4. The monoisotopic (exact) mass is 499 g/mol. The van der Waals surface area contributed by atoms with Gasteiger partial charge in [-0.15, -0.1) is 11.3 Å². The predicted molar refractivity (Wildman–Crippen MR) is 133 cm³/mol. The SMILES string of the molecule is Cc1ccccc1N1C(=O)c2ccc(C(=O)OCC(=O)Nc3sc4c(c3C#N)CCCC4)cc2C1=O. The largest absolute Gasteiger partial charge is 0.452 e. The van der Waals surface area contributed by atoms with Crippen LogP contribution in [0.5, 0.6) is 0 Å². The molecule has 2 aliphatic rings. The number of fused-ring (bicyclic) bond motifs is 2. The number of nitrogens with one attached hydrogen (secondary N) is 1. The molecule has 2 heterocycles. The summed E-state index contributed by atoms with van der Waals surface area (Å²) in [4.78, 5) is 53.1. The Morgan fingerprint density at radius 3 is 2.61 bits per heavy atom. The molecule has 1 aliphatic heterocycles. The first kappa shape index (κ1) is 23.5. The van der Waals surface area contributed by atoms with Gasteiger partial charge < -0.3 is 10.1 Å². The lowest BCUT2D eigenvalue weighted by Crippen LogP contribution is -2.29. The van der Waals surface area contributed by atoms with Crippen LogP contribution < -0.4 is 10.2 Å². The van der Waals surface area contributed by atoms with E-state index < -0.39 is 30.3 Å². The van der Waals surface area contributed by atoms with Crippen molar-refractivity contribution in [3.05, 3.63) is 80.7 Å². The number of ether oxygens (including phenoxy) is 1. The van der Waals surface area contributed by atoms with Crippen molar-refractivity contribution in [2.45, 2.75) is 32.6 Å². The zero-order valence-corrected chi connectivity index (χ0v) is 20.2. The summed E-state index contributed by atoms with van der Waals surface area (Å²) < 4.78 is 5.15. The number of imide groups is 1. The lowest BCUT2D eigenvalue weighted by Gasteiger charge is -2.16. The maximum atomic E-state index is 13.0. The molecular weight excluding hydrogens is 478 g/mol. The van der Waals surface area contributed by atoms with Crippen molar-refractivity contribution in [3.63, 3.8) is 0 Å². The lowest BCUT2D eigenvalue weighted by molar-refractivity contribution is -0.119. The number of carbonyl (C=O) groups excluding carboxylic acids is 4. The van der Waals surface area contributed by atoms with E-state index in [1.165, 1.54) is 29.5 Å². The summed E-state index contributed by atoms with van der Waals surface area (Å²) in [6.07, 6.45) is 3.78. The molecule has 1 aromatic heterocycles. The molecule has 0 unspecified atom stereocenters. The van der Waals surface area contributed by atoms with Crippen molar-refractivity contribution in [1.82, 2.24) is 0 Å². The van der Waals surface area contributed by atoms with Gasteiger partial charge >= 0.3 is 5.97 Å². The molecule has 36 heavy (non-hydrogen) atoms. The predicted octanol–water partition coefficient (Wildman–Crippen LogP) is 4.40. The molecule has 0 saturated heterocycles. The fourth-order valence-corrected chi connectivity index (χ4v) is 5.81. The minimum absolute atomic E-state index is 0.0543. The van der Waals surface area contributed by atoms with E-state index in [2.05, 4.69) is 11.4 Å². The van der Waals surface area contributed by atoms with Crippen LogP contribution in [0, 0.1) is 18.3 Å². The van der Waals surface area contributed by atoms with E-state index in [0.29, 0.717) is 16.3 Å². The van der Waals surface area contributed by atoms with Gasteiger partial charge in [0.2, 0.25) is 0 Å². The van der Waals surface area contributed by atoms with Crippen molar-refractivity contribution >= 4 is 45.7 Å². The Balaban J connectivity index is 1.27. The van der Waals surface area contributed by atoms with E-state index >= 15 is 0 Å². The third kappa shape index (κ3) is 4.06. The van der Waals surface area contributed by atoms with Crippen molar-refractivity contribution < 1.29 is 23.9 Å². The number of para-hydroxylation sites is 1. The summed E-state index contributed by atoms with van der Waals surface area (Å²) in [5.41, 5.74) is 3.08. The number of nitrogens with zero attached hydrogens (tertiary/aromatic N) is 2. The molecule has 0 atom stereocenters. The van der Waals surface area contributed by atoms with Gasteiger partial charge in [-0.1, -0.05) is 18.2 Å². The summed E-state index contributed by atoms with van der Waals surface area (Å²) in [5, 5.41) is 12.7. The van der Waals surface area contributed by atoms with Crippen LogP contribution in [0.3, 0.4) is 0 Å². The van der Waals surface area contributed by atoms with Crippen LogP contribution in [0.25, 0.3) is 0 Å². The maximum Gasteiger partial charge on any atom is 0.338 e. The lowest BCUT2D eigenvalue weighted by atomic mass is 9.96. The van der Waals surface area contributed by atoms with Gasteiger partial charge in [-0.3, -0.25) is 14.4 Å². The summed E-state index contributed by atoms with van der Waals surface area (Å²) in [7, 11) is 0. The van der Waals surface area contributed by atoms with Gasteiger partial charge in [-0.05, 0) is 68.0 Å². The average molecular weight is 500 g/mol. The number of amides is 3. The van der Waals surface area contributed by atoms with E-state index in [-0.39, 0.29) is 16.7 Å². The highest BCUT2D eigenvalue weighted by atomic mass is 32.1. The van der Waals surface area contributed by atoms with Gasteiger partial charge in [0.25, 0.3) is 17.7 Å². The first-order valence-electron chi connectivity index (χ1n) is 11.5. The van der Waals surface area contributed by atoms with Gasteiger partial charge in [0.1, 0.15) is 11.1 Å². The molecule has 0 spiro atoms. The zero-order chi connectivity index (χ0) is 25.4. The minimum Gasteiger partial charge on any atom is -0.452 e. The average Bonchev–Trinajstić information content (AvgIpc) is 3.36. The van der Waals surface area contributed by atoms with Crippen molar-refractivity contribution in [3.8, 4) is 6.07 Å². The summed E-state index contributed by atoms with van der Waals surface area (Å²) in [6.45, 7) is 1.25. The standard InChI is InChI=1S/C27H21N3O5S/c1-15-6-2-4-8-21(15)30-25(32)18-11-10-16(12-19(18)26(30)33)27(34)35-14-23(31)29-24-20(13-28)17-7-3-5-9-22(17)36-24/h2,4,6,8,10-12H,3,5,7,9,14H2,1H3,(H,29,31). The van der Waals surface area contributed by atoms with Gasteiger partial charge in [-0.25, -0.2) is 9.69 Å². The third-order valence-electron chi connectivity index (χ3n) is 6.35. The van der Waals surface area contributed by atoms with Crippen LogP contribution in [-0.2, 0) is 22.4 Å². The molecular formula is C27H21N3O5S. The summed E-state index contributed by atoms with van der Waals surface area (Å²) >= 11 is 1.39. The van der Waals surface area contributed by atoms with Gasteiger partial charge in [0.15, 0.2) is 6.61 Å². The zero-order valence-electron chi connectivity index (χ0n) is 19.4. The van der Waals surface area contributed by atoms with E-state index in [0.717, 1.165) is 46.6 Å². The summed E-state index contributed by atoms with van der Waals surface area (Å²) in [6, 6.07) is 13.3. The molecule has 0 radical (unpaired) electrons. The van der Waals surface area contributed by atoms with Gasteiger partial charge in [-0.2, -0.15) is 5.26 Å². The third-order valence-corrected chi connectivity index (χ3v) is 7.56. The molecule has 2 aromatic carbocycles. The van der Waals surface area contributed by atoms with E-state index in [9.17, 15) is 24.4 Å². The number of carbonyl (C=O) groups is 4. The highest BCUT2D eigenvalue weighted by Crippen LogP contribution is 2.37. The Morgan fingerprint density at radius 1 is 1.08 bits per heavy atom. The normalized spacial score (nSPS) is 14.2. The van der Waals surface area contributed by atoms with E-state index in [4.69, 9.17) is 4.74 Å². The molecule has 180 valence electrons. The molecule has 0 fully saturated rings. The van der Waals surface area contributed by atoms with Crippen LogP contribution in [-0.4, -0.2) is 30.3 Å². The van der Waals surface area contributed by atoms with Crippen molar-refractivity contribution in [2.75, 3.05) is 16.8 Å². The Labute approximate surface area is 211 Å². The quantitative estimate of drug-likeness (QED) is 0.411. The molecule has 9 heteroatoms. The van der Waals surface area contributed by atoms with E-state index in [1.807, 2.05) is 6.07 Å². The number of anilines is 2. The fourth-order valence-electron chi connectivity index (χ4n) is 4.55. The second-order valence-electron chi connectivity index (χ2n) is 8.64. The molecule has 3 aromatic rings. The highest BCUT2D eigenvalue weighted by molar-refractivity contribution is 7.16. The first-order valence-corrected chi connectivity index (χ1v) is 12.3. The number of thiophene rings is 1. The molecule has 8 nitrogen and oxygen atoms in total. The van der Waals surface area contributed by atoms with Crippen LogP contribution in [0.2, 0.25) is 0 Å². The fraction of sp³-hybridized carbons (Fsp3) is 0.222. The molecule has 0 saturated carbocycles. The highest BCUT2D eigenvalue weighted by Gasteiger charge is 2.37. The van der Waals surface area contributed by atoms with Crippen LogP contribution in [0.4, 0.5) is 10.7 Å². The van der Waals surface area contributed by atoms with Crippen molar-refractivity contribution in [1.29, 1.82) is 5.26 Å². The van der Waals surface area contributed by atoms with E-state index in [1.54, 1.807) is 25.1 Å². The smallest absolute Gasteiger partial charge is 0.338 e. The number of hydrogen-bond acceptors (Lipinski definition) is 7. The molecule has 0 bridgehead atoms. The topological polar surface area (TPSA) is 117 Å². The maximum absolute atomic E-state index is 13.0. The number of hydrogen-bond donors (Lipinski definition) is 1. The molecule has 1 N–H and O–H groups in total. The molecule has 1 aliphatic carbocycles. The van der Waals surface area contributed by atoms with Gasteiger partial charge in [0, 0.05) is 4.88 Å². The number of rotatable bonds is 5. The van der Waals surface area contributed by atoms with Crippen LogP contribution in [0.1, 0.15) is 65.5 Å². The van der Waals surface area contributed by atoms with Crippen LogP contribution >= 0.6 is 11.3 Å². The van der Waals surface area contributed by atoms with Gasteiger partial charge in [0.05, 0.1) is 27.9 Å². The Hall–Kier alpha value is -4.29. The summed E-state index contributed by atoms with van der Waals surface area (Å²) in [5.74, 6) is -2.34. The van der Waals surface area contributed by atoms with Crippen LogP contribution in [0.15, 0.2) is 42.5 Å². The number of aryl methyl sites for hydroxylation is 2. The second-order valence-corrected chi connectivity index (χ2v) is 9.75. The Morgan fingerprint density at radius 2 is 1.83 bits per heavy atom. The Kier molecular flexibility index (Phi) is 6.12. The molecule has 3 amide bonds.